The molecule has 1 aliphatic heterocycles. The molecule has 1 rings (SSSR count). The van der Waals surface area contributed by atoms with Gasteiger partial charge in [0.2, 0.25) is 0 Å². The second-order valence-electron chi connectivity index (χ2n) is 1.08. The van der Waals surface area contributed by atoms with Gasteiger partial charge < -0.3 is 10.4 Å². The highest BCUT2D eigenvalue weighted by Crippen LogP contribution is 1.68. The minimum Gasteiger partial charge on any atom is -0.473 e. The zero-order valence-corrected chi connectivity index (χ0v) is 4.29. The average molecular weight is 115 g/mol. The third-order valence-electron chi connectivity index (χ3n) is 0.568. The Labute approximate surface area is 47.2 Å². The molecule has 4 heteroatoms. The molecule has 0 aromatic heterocycles. The van der Waals surface area contributed by atoms with Crippen molar-refractivity contribution in [1.82, 2.24) is 5.32 Å². The first kappa shape index (κ1) is 6.94. The average Bonchev–Trinajstić information content (AvgIpc) is 2.17. The van der Waals surface area contributed by atoms with Crippen molar-refractivity contribution in [3.05, 3.63) is 0 Å². The van der Waals surface area contributed by atoms with Crippen LogP contribution in [0.3, 0.4) is 0 Å². The van der Waals surface area contributed by atoms with Gasteiger partial charge in [-0.05, 0) is 0 Å². The summed E-state index contributed by atoms with van der Waals surface area (Å²) in [5.74, 6) is 0. The van der Waals surface area contributed by atoms with Gasteiger partial charge in [-0.15, -0.1) is 0 Å². The van der Waals surface area contributed by atoms with E-state index < -0.39 is 0 Å². The van der Waals surface area contributed by atoms with Gasteiger partial charge in [0, 0.05) is 6.54 Å². The Morgan fingerprint density at radius 3 is 2.62 bits per heavy atom. The molecule has 0 aliphatic carbocycles. The monoisotopic (exact) mass is 115 g/mol. The number of nitrogens with zero attached hydrogens (tertiary/aromatic N) is 1. The van der Waals surface area contributed by atoms with E-state index in [9.17, 15) is 0 Å². The number of hydrogen-bond donors (Lipinski definition) is 2. The first-order valence-corrected chi connectivity index (χ1v) is 2.14. The first-order valence-electron chi connectivity index (χ1n) is 2.14. The lowest BCUT2D eigenvalue weighted by Gasteiger charge is -1.75. The fraction of sp³-hybridized carbons (Fsp3) is 0.500. The van der Waals surface area contributed by atoms with Crippen LogP contribution in [0.4, 0.5) is 0 Å². The Balaban J connectivity index is 0.000000145. The van der Waals surface area contributed by atoms with E-state index in [2.05, 4.69) is 10.3 Å². The maximum absolute atomic E-state index is 8.24. The summed E-state index contributed by atoms with van der Waals surface area (Å²) in [5, 5.41) is 9.69. The molecule has 4 nitrogen and oxygen atoms in total. The van der Waals surface area contributed by atoms with Crippen LogP contribution in [0.1, 0.15) is 0 Å². The van der Waals surface area contributed by atoms with Crippen LogP contribution in [0, 0.1) is 0 Å². The topological polar surface area (TPSA) is 61.7 Å². The third-order valence-corrected chi connectivity index (χ3v) is 0.568. The van der Waals surface area contributed by atoms with Gasteiger partial charge in [-0.3, -0.25) is 4.99 Å². The predicted molar refractivity (Wildman–Crippen MR) is 29.7 cm³/mol. The Morgan fingerprint density at radius 2 is 2.50 bits per heavy atom. The van der Waals surface area contributed by atoms with Crippen molar-refractivity contribution in [2.45, 2.75) is 0 Å². The van der Waals surface area contributed by atoms with Crippen molar-refractivity contribution in [1.29, 1.82) is 0 Å². The lowest BCUT2D eigenvalue weighted by atomic mass is 10.7. The minimum absolute atomic E-state index is 0.500. The molecule has 0 saturated heterocycles. The van der Waals surface area contributed by atoms with E-state index in [4.69, 9.17) is 9.90 Å². The smallest absolute Gasteiger partial charge is 0.414 e. The Hall–Kier alpha value is -1.06. The molecule has 0 bridgehead atoms. The van der Waals surface area contributed by atoms with Gasteiger partial charge in [0.05, 0.1) is 12.9 Å². The van der Waals surface area contributed by atoms with E-state index in [1.54, 1.807) is 6.34 Å². The summed E-state index contributed by atoms with van der Waals surface area (Å²) in [7, 11) is 0. The summed E-state index contributed by atoms with van der Waals surface area (Å²) in [4.78, 5) is 12.1. The largest absolute Gasteiger partial charge is 0.473 e. The highest BCUT2D eigenvalue weighted by atomic mass is 16.3. The molecule has 0 saturated carbocycles. The van der Waals surface area contributed by atoms with Crippen molar-refractivity contribution in [3.63, 3.8) is 0 Å². The van der Waals surface area contributed by atoms with Crippen molar-refractivity contribution in [3.8, 4) is 0 Å². The summed E-state index contributed by atoms with van der Waals surface area (Å²) in [6, 6.07) is 0. The van der Waals surface area contributed by atoms with Crippen LogP contribution >= 0.6 is 0 Å². The zero-order valence-electron chi connectivity index (χ0n) is 4.29. The summed E-state index contributed by atoms with van der Waals surface area (Å²) >= 11 is 0. The highest BCUT2D eigenvalue weighted by Gasteiger charge is 1.82. The third kappa shape index (κ3) is 4.94. The van der Waals surface area contributed by atoms with Crippen molar-refractivity contribution in [2.24, 2.45) is 4.99 Å². The van der Waals surface area contributed by atoms with Crippen LogP contribution in [0.2, 0.25) is 0 Å². The molecular formula is C4H7N2O2. The van der Waals surface area contributed by atoms with Gasteiger partial charge in [-0.1, -0.05) is 0 Å². The number of hydrogen-bond acceptors (Lipinski definition) is 3. The van der Waals surface area contributed by atoms with Gasteiger partial charge in [0.1, 0.15) is 0 Å². The van der Waals surface area contributed by atoms with Gasteiger partial charge in [0.15, 0.2) is 0 Å². The lowest BCUT2D eigenvalue weighted by molar-refractivity contribution is 0.437. The Kier molecular flexibility index (Phi) is 5.15. The molecule has 0 fully saturated rings. The first-order chi connectivity index (χ1) is 3.91. The van der Waals surface area contributed by atoms with Crippen LogP contribution in [0.5, 0.6) is 0 Å². The van der Waals surface area contributed by atoms with Crippen LogP contribution in [-0.2, 0) is 4.79 Å². The molecule has 1 aliphatic rings. The maximum Gasteiger partial charge on any atom is 0.414 e. The van der Waals surface area contributed by atoms with E-state index in [0.717, 1.165) is 13.1 Å². The molecular weight excluding hydrogens is 108 g/mol. The van der Waals surface area contributed by atoms with E-state index in [1.807, 2.05) is 0 Å². The molecule has 0 spiro atoms. The van der Waals surface area contributed by atoms with Crippen molar-refractivity contribution < 1.29 is 9.90 Å². The summed E-state index contributed by atoms with van der Waals surface area (Å²) in [5.41, 5.74) is 0. The molecule has 0 aromatic rings. The second kappa shape index (κ2) is 5.94. The molecule has 8 heavy (non-hydrogen) atoms. The molecule has 0 unspecified atom stereocenters. The maximum atomic E-state index is 8.24. The second-order valence-corrected chi connectivity index (χ2v) is 1.08. The number of rotatable bonds is 0. The normalized spacial score (nSPS) is 13.5. The van der Waals surface area contributed by atoms with E-state index in [-0.39, 0.29) is 0 Å². The van der Waals surface area contributed by atoms with E-state index in [1.165, 1.54) is 0 Å². The zero-order chi connectivity index (χ0) is 6.24. The van der Waals surface area contributed by atoms with Crippen LogP contribution < -0.4 is 5.32 Å². The van der Waals surface area contributed by atoms with Crippen molar-refractivity contribution >= 4 is 12.8 Å². The molecule has 1 heterocycles. The quantitative estimate of drug-likeness (QED) is 0.435. The predicted octanol–water partition coefficient (Wildman–Crippen LogP) is -0.770. The molecule has 45 valence electrons. The molecule has 2 N–H and O–H groups in total. The van der Waals surface area contributed by atoms with Crippen LogP contribution in [0.25, 0.3) is 0 Å². The number of aliphatic imine (C=N–C) groups is 1. The number of aliphatic hydroxyl groups excluding tert-OH is 1. The van der Waals surface area contributed by atoms with Gasteiger partial charge in [0.25, 0.3) is 0 Å². The molecule has 1 radical (unpaired) electrons. The summed E-state index contributed by atoms with van der Waals surface area (Å²) in [6.07, 6.45) is 1.74. The number of nitrogens with one attached hydrogen (secondary N) is 1. The van der Waals surface area contributed by atoms with Gasteiger partial charge in [-0.2, -0.15) is 0 Å². The molecule has 0 atom stereocenters. The van der Waals surface area contributed by atoms with Gasteiger partial charge >= 0.3 is 6.47 Å². The molecule has 0 amide bonds. The van der Waals surface area contributed by atoms with Gasteiger partial charge in [-0.25, -0.2) is 4.79 Å². The van der Waals surface area contributed by atoms with Crippen LogP contribution in [0.15, 0.2) is 4.99 Å². The van der Waals surface area contributed by atoms with E-state index >= 15 is 0 Å². The lowest BCUT2D eigenvalue weighted by Crippen LogP contribution is -2.04. The minimum atomic E-state index is 0.500. The van der Waals surface area contributed by atoms with Crippen LogP contribution in [-0.4, -0.2) is 31.0 Å². The highest BCUT2D eigenvalue weighted by molar-refractivity contribution is 5.56. The standard InChI is InChI=1S/C3H6N2.CHO2/c1-2-5-3-4-1;2-1-3/h3H,1-2H2,(H,4,5);(H,2,3). The Morgan fingerprint density at radius 1 is 1.88 bits per heavy atom. The van der Waals surface area contributed by atoms with E-state index in [0.29, 0.717) is 6.47 Å². The van der Waals surface area contributed by atoms with Crippen molar-refractivity contribution in [2.75, 3.05) is 13.1 Å². The Bertz CT molecular complexity index is 76.1. The summed E-state index contributed by atoms with van der Waals surface area (Å²) < 4.78 is 0. The SMILES string of the molecule is C1=NCCN1.O=[C]O. The molecule has 0 aromatic carbocycles. The fourth-order valence-electron chi connectivity index (χ4n) is 0.323. The fourth-order valence-corrected chi connectivity index (χ4v) is 0.323. The summed E-state index contributed by atoms with van der Waals surface area (Å²) in [6.45, 7) is 2.49.